The first-order valence-electron chi connectivity index (χ1n) is 5.02. The lowest BCUT2D eigenvalue weighted by Crippen LogP contribution is -2.32. The summed E-state index contributed by atoms with van der Waals surface area (Å²) in [5.74, 6) is 1.59. The maximum absolute atomic E-state index is 11.7. The van der Waals surface area contributed by atoms with E-state index in [1.807, 2.05) is 18.8 Å². The van der Waals surface area contributed by atoms with Crippen LogP contribution in [-0.2, 0) is 9.53 Å². The van der Waals surface area contributed by atoms with Crippen molar-refractivity contribution in [3.63, 3.8) is 0 Å². The van der Waals surface area contributed by atoms with E-state index in [9.17, 15) is 4.79 Å². The summed E-state index contributed by atoms with van der Waals surface area (Å²) in [5, 5.41) is 0. The first-order chi connectivity index (χ1) is 6.74. The highest BCUT2D eigenvalue weighted by Gasteiger charge is 2.23. The number of rotatable bonds is 6. The summed E-state index contributed by atoms with van der Waals surface area (Å²) in [6, 6.07) is 0. The molecule has 1 fully saturated rings. The SMILES string of the molecule is CSCCN(C)CC(=O)C1CCOC1. The number of nitrogens with zero attached hydrogens (tertiary/aromatic N) is 1. The number of thioether (sulfide) groups is 1. The van der Waals surface area contributed by atoms with E-state index < -0.39 is 0 Å². The zero-order valence-electron chi connectivity index (χ0n) is 8.99. The molecule has 0 radical (unpaired) electrons. The Morgan fingerprint density at radius 1 is 1.64 bits per heavy atom. The van der Waals surface area contributed by atoms with Gasteiger partial charge in [-0.1, -0.05) is 0 Å². The largest absolute Gasteiger partial charge is 0.381 e. The molecule has 3 nitrogen and oxygen atoms in total. The fourth-order valence-electron chi connectivity index (χ4n) is 1.51. The lowest BCUT2D eigenvalue weighted by Gasteiger charge is -2.16. The Kier molecular flexibility index (Phi) is 5.52. The van der Waals surface area contributed by atoms with Crippen LogP contribution in [-0.4, -0.2) is 56.0 Å². The first-order valence-corrected chi connectivity index (χ1v) is 6.41. The second kappa shape index (κ2) is 6.43. The van der Waals surface area contributed by atoms with E-state index in [-0.39, 0.29) is 5.92 Å². The van der Waals surface area contributed by atoms with Crippen molar-refractivity contribution in [2.75, 3.05) is 45.4 Å². The van der Waals surface area contributed by atoms with Crippen molar-refractivity contribution >= 4 is 17.5 Å². The highest BCUT2D eigenvalue weighted by Crippen LogP contribution is 2.13. The van der Waals surface area contributed by atoms with Gasteiger partial charge in [-0.3, -0.25) is 9.69 Å². The van der Waals surface area contributed by atoms with E-state index in [1.165, 1.54) is 0 Å². The van der Waals surface area contributed by atoms with Crippen molar-refractivity contribution < 1.29 is 9.53 Å². The third-order valence-corrected chi connectivity index (χ3v) is 3.08. The zero-order valence-corrected chi connectivity index (χ0v) is 9.81. The predicted octanol–water partition coefficient (Wildman–Crippen LogP) is 0.887. The fraction of sp³-hybridized carbons (Fsp3) is 0.900. The number of ketones is 1. The summed E-state index contributed by atoms with van der Waals surface area (Å²) >= 11 is 1.81. The molecule has 0 amide bonds. The summed E-state index contributed by atoms with van der Waals surface area (Å²) in [4.78, 5) is 13.8. The number of hydrogen-bond acceptors (Lipinski definition) is 4. The van der Waals surface area contributed by atoms with Gasteiger partial charge in [0.1, 0.15) is 0 Å². The van der Waals surface area contributed by atoms with E-state index >= 15 is 0 Å². The van der Waals surface area contributed by atoms with Crippen molar-refractivity contribution in [1.82, 2.24) is 4.90 Å². The van der Waals surface area contributed by atoms with Crippen molar-refractivity contribution in [3.8, 4) is 0 Å². The Labute approximate surface area is 90.2 Å². The molecule has 82 valence electrons. The molecule has 1 atom stereocenters. The van der Waals surface area contributed by atoms with Crippen LogP contribution < -0.4 is 0 Å². The Morgan fingerprint density at radius 2 is 2.43 bits per heavy atom. The predicted molar refractivity (Wildman–Crippen MR) is 59.8 cm³/mol. The first kappa shape index (κ1) is 12.0. The van der Waals surface area contributed by atoms with Crippen molar-refractivity contribution in [1.29, 1.82) is 0 Å². The number of hydrogen-bond donors (Lipinski definition) is 0. The number of ether oxygens (including phenoxy) is 1. The standard InChI is InChI=1S/C10H19NO2S/c1-11(4-6-14-2)7-10(12)9-3-5-13-8-9/h9H,3-8H2,1-2H3. The third kappa shape index (κ3) is 3.98. The molecule has 0 aliphatic carbocycles. The van der Waals surface area contributed by atoms with Gasteiger partial charge in [-0.15, -0.1) is 0 Å². The van der Waals surface area contributed by atoms with Gasteiger partial charge in [-0.25, -0.2) is 0 Å². The van der Waals surface area contributed by atoms with Crippen molar-refractivity contribution in [3.05, 3.63) is 0 Å². The van der Waals surface area contributed by atoms with E-state index in [1.54, 1.807) is 0 Å². The van der Waals surface area contributed by atoms with E-state index in [4.69, 9.17) is 4.74 Å². The molecule has 14 heavy (non-hydrogen) atoms. The Balaban J connectivity index is 2.18. The highest BCUT2D eigenvalue weighted by molar-refractivity contribution is 7.98. The summed E-state index contributed by atoms with van der Waals surface area (Å²) in [5.41, 5.74) is 0. The Hall–Kier alpha value is -0.0600. The van der Waals surface area contributed by atoms with E-state index in [2.05, 4.69) is 11.2 Å². The molecule has 0 aromatic rings. The molecule has 1 rings (SSSR count). The number of likely N-dealkylation sites (N-methyl/N-ethyl adjacent to an activating group) is 1. The van der Waals surface area contributed by atoms with Crippen LogP contribution in [0.25, 0.3) is 0 Å². The summed E-state index contributed by atoms with van der Waals surface area (Å²) in [6.07, 6.45) is 3.00. The molecule has 0 aromatic heterocycles. The maximum Gasteiger partial charge on any atom is 0.152 e. The normalized spacial score (nSPS) is 21.8. The minimum Gasteiger partial charge on any atom is -0.381 e. The van der Waals surface area contributed by atoms with Gasteiger partial charge in [-0.05, 0) is 19.7 Å². The van der Waals surface area contributed by atoms with Crippen LogP contribution in [0.1, 0.15) is 6.42 Å². The number of Topliss-reactive ketones (excluding diaryl/α,β-unsaturated/α-hetero) is 1. The van der Waals surface area contributed by atoms with Crippen LogP contribution in [0, 0.1) is 5.92 Å². The van der Waals surface area contributed by atoms with Crippen molar-refractivity contribution in [2.45, 2.75) is 6.42 Å². The van der Waals surface area contributed by atoms with Gasteiger partial charge in [-0.2, -0.15) is 11.8 Å². The van der Waals surface area contributed by atoms with Crippen LogP contribution in [0.3, 0.4) is 0 Å². The van der Waals surface area contributed by atoms with Crippen molar-refractivity contribution in [2.24, 2.45) is 5.92 Å². The Bertz CT molecular complexity index is 181. The lowest BCUT2D eigenvalue weighted by atomic mass is 10.0. The number of carbonyl (C=O) groups excluding carboxylic acids is 1. The lowest BCUT2D eigenvalue weighted by molar-refractivity contribution is -0.123. The van der Waals surface area contributed by atoms with Gasteiger partial charge >= 0.3 is 0 Å². The third-order valence-electron chi connectivity index (χ3n) is 2.49. The quantitative estimate of drug-likeness (QED) is 0.661. The van der Waals surface area contributed by atoms with Gasteiger partial charge in [0.05, 0.1) is 13.2 Å². The monoisotopic (exact) mass is 217 g/mol. The van der Waals surface area contributed by atoms with Gasteiger partial charge in [0, 0.05) is 24.8 Å². The minimum atomic E-state index is 0.159. The summed E-state index contributed by atoms with van der Waals surface area (Å²) in [6.45, 7) is 2.95. The highest BCUT2D eigenvalue weighted by atomic mass is 32.2. The second-order valence-corrected chi connectivity index (χ2v) is 4.74. The molecule has 1 heterocycles. The van der Waals surface area contributed by atoms with E-state index in [0.717, 1.165) is 25.3 Å². The smallest absolute Gasteiger partial charge is 0.152 e. The molecule has 0 bridgehead atoms. The van der Waals surface area contributed by atoms with Gasteiger partial charge < -0.3 is 4.74 Å². The van der Waals surface area contributed by atoms with Crippen LogP contribution in [0.2, 0.25) is 0 Å². The van der Waals surface area contributed by atoms with Gasteiger partial charge in [0.25, 0.3) is 0 Å². The van der Waals surface area contributed by atoms with Gasteiger partial charge in [0.2, 0.25) is 0 Å². The summed E-state index contributed by atoms with van der Waals surface area (Å²) < 4.78 is 5.20. The van der Waals surface area contributed by atoms with Gasteiger partial charge in [0.15, 0.2) is 5.78 Å². The molecule has 1 aliphatic rings. The Morgan fingerprint density at radius 3 is 3.00 bits per heavy atom. The van der Waals surface area contributed by atoms with Crippen LogP contribution in [0.15, 0.2) is 0 Å². The molecule has 1 saturated heterocycles. The molecule has 0 saturated carbocycles. The molecule has 1 unspecified atom stereocenters. The van der Waals surface area contributed by atoms with Crippen LogP contribution in [0.4, 0.5) is 0 Å². The molecule has 0 N–H and O–H groups in total. The molecular weight excluding hydrogens is 198 g/mol. The van der Waals surface area contributed by atoms with E-state index in [0.29, 0.717) is 18.9 Å². The molecule has 0 aromatic carbocycles. The fourth-order valence-corrected chi connectivity index (χ4v) is 2.00. The average Bonchev–Trinajstić information content (AvgIpc) is 2.67. The topological polar surface area (TPSA) is 29.5 Å². The molecule has 1 aliphatic heterocycles. The second-order valence-electron chi connectivity index (χ2n) is 3.76. The average molecular weight is 217 g/mol. The molecule has 4 heteroatoms. The number of carbonyl (C=O) groups is 1. The molecule has 0 spiro atoms. The maximum atomic E-state index is 11.7. The summed E-state index contributed by atoms with van der Waals surface area (Å²) in [7, 11) is 2.00. The minimum absolute atomic E-state index is 0.159. The van der Waals surface area contributed by atoms with Crippen LogP contribution in [0.5, 0.6) is 0 Å². The van der Waals surface area contributed by atoms with Crippen LogP contribution >= 0.6 is 11.8 Å². The molecular formula is C10H19NO2S. The zero-order chi connectivity index (χ0) is 10.4.